The van der Waals surface area contributed by atoms with E-state index < -0.39 is 0 Å². The molecule has 0 spiro atoms. The topological polar surface area (TPSA) is 50.4 Å². The molecule has 0 aromatic heterocycles. The zero-order valence-electron chi connectivity index (χ0n) is 13.6. The molecule has 0 aliphatic heterocycles. The Bertz CT molecular complexity index is 678. The Balaban J connectivity index is 1.78. The first-order chi connectivity index (χ1) is 11.0. The molecule has 0 atom stereocenters. The summed E-state index contributed by atoms with van der Waals surface area (Å²) in [4.78, 5) is 11.8. The van der Waals surface area contributed by atoms with Gasteiger partial charge in [0, 0.05) is 10.7 Å². The summed E-state index contributed by atoms with van der Waals surface area (Å²) in [7, 11) is 0. The van der Waals surface area contributed by atoms with E-state index in [1.807, 2.05) is 13.8 Å². The quantitative estimate of drug-likeness (QED) is 0.794. The SMILES string of the molecule is Cc1cc(C)c(OCCNC(=O)Nc2cccc(Cl)c2)c(C)c1. The van der Waals surface area contributed by atoms with E-state index >= 15 is 0 Å². The van der Waals surface area contributed by atoms with Crippen LogP contribution in [0.3, 0.4) is 0 Å². The lowest BCUT2D eigenvalue weighted by atomic mass is 10.1. The molecule has 5 heteroatoms. The zero-order chi connectivity index (χ0) is 16.8. The van der Waals surface area contributed by atoms with E-state index in [0.717, 1.165) is 16.9 Å². The van der Waals surface area contributed by atoms with Crippen molar-refractivity contribution in [3.8, 4) is 5.75 Å². The van der Waals surface area contributed by atoms with Crippen LogP contribution in [-0.4, -0.2) is 19.2 Å². The molecule has 0 fully saturated rings. The summed E-state index contributed by atoms with van der Waals surface area (Å²) in [5.74, 6) is 0.882. The van der Waals surface area contributed by atoms with Crippen LogP contribution >= 0.6 is 11.6 Å². The van der Waals surface area contributed by atoms with Crippen LogP contribution in [-0.2, 0) is 0 Å². The van der Waals surface area contributed by atoms with Gasteiger partial charge in [0.15, 0.2) is 0 Å². The zero-order valence-corrected chi connectivity index (χ0v) is 14.3. The Morgan fingerprint density at radius 3 is 2.48 bits per heavy atom. The molecular formula is C18H21ClN2O2. The third-order valence-electron chi connectivity index (χ3n) is 3.32. The number of nitrogens with one attached hydrogen (secondary N) is 2. The molecule has 0 aliphatic rings. The molecule has 0 bridgehead atoms. The van der Waals surface area contributed by atoms with Crippen LogP contribution in [0, 0.1) is 20.8 Å². The fourth-order valence-electron chi connectivity index (χ4n) is 2.45. The first kappa shape index (κ1) is 17.2. The molecule has 23 heavy (non-hydrogen) atoms. The largest absolute Gasteiger partial charge is 0.491 e. The van der Waals surface area contributed by atoms with Crippen LogP contribution in [0.5, 0.6) is 5.75 Å². The van der Waals surface area contributed by atoms with Gasteiger partial charge < -0.3 is 15.4 Å². The molecule has 2 N–H and O–H groups in total. The summed E-state index contributed by atoms with van der Waals surface area (Å²) >= 11 is 5.87. The lowest BCUT2D eigenvalue weighted by molar-refractivity contribution is 0.247. The van der Waals surface area contributed by atoms with Gasteiger partial charge >= 0.3 is 6.03 Å². The van der Waals surface area contributed by atoms with Gasteiger partial charge in [0.2, 0.25) is 0 Å². The van der Waals surface area contributed by atoms with Gasteiger partial charge in [-0.05, 0) is 50.1 Å². The van der Waals surface area contributed by atoms with E-state index in [1.54, 1.807) is 24.3 Å². The van der Waals surface area contributed by atoms with Crippen LogP contribution in [0.25, 0.3) is 0 Å². The highest BCUT2D eigenvalue weighted by Crippen LogP contribution is 2.24. The molecule has 2 rings (SSSR count). The van der Waals surface area contributed by atoms with Gasteiger partial charge in [-0.3, -0.25) is 0 Å². The van der Waals surface area contributed by atoms with Crippen LogP contribution in [0.2, 0.25) is 5.02 Å². The maximum Gasteiger partial charge on any atom is 0.319 e. The molecule has 2 aromatic rings. The molecule has 0 saturated carbocycles. The lowest BCUT2D eigenvalue weighted by Crippen LogP contribution is -2.32. The van der Waals surface area contributed by atoms with Gasteiger partial charge in [0.1, 0.15) is 12.4 Å². The number of anilines is 1. The van der Waals surface area contributed by atoms with Crippen molar-refractivity contribution in [3.05, 3.63) is 58.1 Å². The molecule has 2 amide bonds. The number of urea groups is 1. The van der Waals surface area contributed by atoms with Crippen molar-refractivity contribution in [2.75, 3.05) is 18.5 Å². The second kappa shape index (κ2) is 7.88. The van der Waals surface area contributed by atoms with Crippen molar-refractivity contribution in [2.24, 2.45) is 0 Å². The van der Waals surface area contributed by atoms with Crippen molar-refractivity contribution in [2.45, 2.75) is 20.8 Å². The maximum atomic E-state index is 11.8. The maximum absolute atomic E-state index is 11.8. The number of aryl methyl sites for hydroxylation is 3. The fraction of sp³-hybridized carbons (Fsp3) is 0.278. The average molecular weight is 333 g/mol. The Morgan fingerprint density at radius 1 is 1.13 bits per heavy atom. The summed E-state index contributed by atoms with van der Waals surface area (Å²) in [6, 6.07) is 10.9. The second-order valence-electron chi connectivity index (χ2n) is 5.47. The number of carbonyl (C=O) groups excluding carboxylic acids is 1. The Morgan fingerprint density at radius 2 is 1.83 bits per heavy atom. The van der Waals surface area contributed by atoms with Gasteiger partial charge in [0.05, 0.1) is 6.54 Å². The smallest absolute Gasteiger partial charge is 0.319 e. The van der Waals surface area contributed by atoms with Crippen LogP contribution in [0.4, 0.5) is 10.5 Å². The number of halogens is 1. The van der Waals surface area contributed by atoms with Crippen LogP contribution in [0.15, 0.2) is 36.4 Å². The summed E-state index contributed by atoms with van der Waals surface area (Å²) in [5.41, 5.74) is 4.07. The Hall–Kier alpha value is -2.20. The number of hydrogen-bond donors (Lipinski definition) is 2. The summed E-state index contributed by atoms with van der Waals surface area (Å²) in [6.07, 6.45) is 0. The second-order valence-corrected chi connectivity index (χ2v) is 5.90. The standard InChI is InChI=1S/C18H21ClN2O2/c1-12-9-13(2)17(14(3)10-12)23-8-7-20-18(22)21-16-6-4-5-15(19)11-16/h4-6,9-11H,7-8H2,1-3H3,(H2,20,21,22). The fourth-order valence-corrected chi connectivity index (χ4v) is 2.64. The Kier molecular flexibility index (Phi) is 5.88. The summed E-state index contributed by atoms with van der Waals surface area (Å²) in [5, 5.41) is 6.05. The molecule has 0 heterocycles. The van der Waals surface area contributed by atoms with Crippen LogP contribution < -0.4 is 15.4 Å². The van der Waals surface area contributed by atoms with E-state index in [1.165, 1.54) is 5.56 Å². The number of hydrogen-bond acceptors (Lipinski definition) is 2. The minimum absolute atomic E-state index is 0.284. The van der Waals surface area contributed by atoms with Crippen molar-refractivity contribution in [1.29, 1.82) is 0 Å². The number of amides is 2. The highest BCUT2D eigenvalue weighted by Gasteiger charge is 2.06. The molecule has 4 nitrogen and oxygen atoms in total. The predicted octanol–water partition coefficient (Wildman–Crippen LogP) is 4.47. The lowest BCUT2D eigenvalue weighted by Gasteiger charge is -2.13. The third kappa shape index (κ3) is 5.18. The van der Waals surface area contributed by atoms with Crippen molar-refractivity contribution in [1.82, 2.24) is 5.32 Å². The number of rotatable bonds is 5. The van der Waals surface area contributed by atoms with Crippen LogP contribution in [0.1, 0.15) is 16.7 Å². The van der Waals surface area contributed by atoms with E-state index in [2.05, 4.69) is 29.7 Å². The molecule has 2 aromatic carbocycles. The molecular weight excluding hydrogens is 312 g/mol. The van der Waals surface area contributed by atoms with E-state index in [-0.39, 0.29) is 6.03 Å². The molecule has 0 aliphatic carbocycles. The van der Waals surface area contributed by atoms with Gasteiger partial charge in [-0.15, -0.1) is 0 Å². The number of benzene rings is 2. The van der Waals surface area contributed by atoms with Gasteiger partial charge in [0.25, 0.3) is 0 Å². The molecule has 122 valence electrons. The van der Waals surface area contributed by atoms with Crippen molar-refractivity contribution < 1.29 is 9.53 Å². The Labute approximate surface area is 141 Å². The number of ether oxygens (including phenoxy) is 1. The monoisotopic (exact) mass is 332 g/mol. The average Bonchev–Trinajstić information content (AvgIpc) is 2.45. The third-order valence-corrected chi connectivity index (χ3v) is 3.56. The van der Waals surface area contributed by atoms with E-state index in [9.17, 15) is 4.79 Å². The minimum atomic E-state index is -0.284. The molecule has 0 unspecified atom stereocenters. The first-order valence-corrected chi connectivity index (χ1v) is 7.84. The predicted molar refractivity (Wildman–Crippen MR) is 94.6 cm³/mol. The van der Waals surface area contributed by atoms with Crippen molar-refractivity contribution >= 4 is 23.3 Å². The van der Waals surface area contributed by atoms with Crippen molar-refractivity contribution in [3.63, 3.8) is 0 Å². The minimum Gasteiger partial charge on any atom is -0.491 e. The van der Waals surface area contributed by atoms with Gasteiger partial charge in [-0.2, -0.15) is 0 Å². The molecule has 0 saturated heterocycles. The number of carbonyl (C=O) groups is 1. The molecule has 0 radical (unpaired) electrons. The van der Waals surface area contributed by atoms with Gasteiger partial charge in [-0.25, -0.2) is 4.79 Å². The first-order valence-electron chi connectivity index (χ1n) is 7.47. The highest BCUT2D eigenvalue weighted by molar-refractivity contribution is 6.30. The van der Waals surface area contributed by atoms with Gasteiger partial charge in [-0.1, -0.05) is 35.4 Å². The van der Waals surface area contributed by atoms with E-state index in [0.29, 0.717) is 23.9 Å². The summed E-state index contributed by atoms with van der Waals surface area (Å²) < 4.78 is 5.78. The van der Waals surface area contributed by atoms with E-state index in [4.69, 9.17) is 16.3 Å². The summed E-state index contributed by atoms with van der Waals surface area (Å²) in [6.45, 7) is 6.93. The normalized spacial score (nSPS) is 10.3. The highest BCUT2D eigenvalue weighted by atomic mass is 35.5.